The van der Waals surface area contributed by atoms with Crippen LogP contribution >= 0.6 is 11.6 Å². The molecule has 35 heavy (non-hydrogen) atoms. The maximum absolute atomic E-state index is 12.3. The number of nitrogens with one attached hydrogen (secondary N) is 1. The molecule has 0 saturated heterocycles. The number of halogens is 1. The third-order valence-corrected chi connectivity index (χ3v) is 6.27. The van der Waals surface area contributed by atoms with Crippen molar-refractivity contribution in [2.75, 3.05) is 14.1 Å². The third-order valence-electron chi connectivity index (χ3n) is 5.94. The van der Waals surface area contributed by atoms with Gasteiger partial charge in [-0.25, -0.2) is 4.98 Å². The number of nitrogens with zero attached hydrogens (tertiary/aromatic N) is 3. The molecule has 7 heteroatoms. The number of pyridine rings is 2. The van der Waals surface area contributed by atoms with Crippen LogP contribution in [-0.4, -0.2) is 34.9 Å². The number of fused-ring (bicyclic) bond motifs is 1. The van der Waals surface area contributed by atoms with Crippen LogP contribution in [0.4, 0.5) is 0 Å². The molecule has 3 aromatic rings. The molecule has 0 aliphatic rings. The van der Waals surface area contributed by atoms with Gasteiger partial charge >= 0.3 is 0 Å². The predicted octanol–water partition coefficient (Wildman–Crippen LogP) is 5.92. The molecule has 2 aromatic heterocycles. The summed E-state index contributed by atoms with van der Waals surface area (Å²) in [5, 5.41) is 4.45. The number of hydrogen-bond acceptors (Lipinski definition) is 5. The summed E-state index contributed by atoms with van der Waals surface area (Å²) >= 11 is 6.49. The van der Waals surface area contributed by atoms with Crippen LogP contribution in [0.2, 0.25) is 5.02 Å². The molecular formula is C28H33ClN4O2. The van der Waals surface area contributed by atoms with Crippen LogP contribution in [0.5, 0.6) is 5.75 Å². The monoisotopic (exact) mass is 492 g/mol. The number of para-hydroxylation sites is 1. The summed E-state index contributed by atoms with van der Waals surface area (Å²) < 4.78 is 6.27. The van der Waals surface area contributed by atoms with Crippen molar-refractivity contribution in [3.63, 3.8) is 0 Å². The fraction of sp³-hybridized carbons (Fsp3) is 0.321. The van der Waals surface area contributed by atoms with E-state index in [1.807, 2.05) is 59.1 Å². The highest BCUT2D eigenvalue weighted by Crippen LogP contribution is 2.32. The first-order chi connectivity index (χ1) is 16.8. The molecule has 6 nitrogen and oxygen atoms in total. The van der Waals surface area contributed by atoms with Gasteiger partial charge in [0.1, 0.15) is 17.9 Å². The molecule has 1 amide bonds. The Morgan fingerprint density at radius 1 is 1.31 bits per heavy atom. The smallest absolute Gasteiger partial charge is 0.223 e. The second-order valence-electron chi connectivity index (χ2n) is 8.72. The largest absolute Gasteiger partial charge is 0.487 e. The van der Waals surface area contributed by atoms with E-state index >= 15 is 0 Å². The number of amides is 1. The zero-order valence-corrected chi connectivity index (χ0v) is 21.8. The highest BCUT2D eigenvalue weighted by molar-refractivity contribution is 6.31. The number of aromatic nitrogens is 2. The van der Waals surface area contributed by atoms with Crippen LogP contribution in [0.25, 0.3) is 16.6 Å². The molecule has 1 unspecified atom stereocenters. The van der Waals surface area contributed by atoms with E-state index in [0.29, 0.717) is 17.3 Å². The summed E-state index contributed by atoms with van der Waals surface area (Å²) in [6.45, 7) is 10.3. The third kappa shape index (κ3) is 6.20. The van der Waals surface area contributed by atoms with Gasteiger partial charge in [-0.3, -0.25) is 9.78 Å². The quantitative estimate of drug-likeness (QED) is 0.356. The van der Waals surface area contributed by atoms with Crippen molar-refractivity contribution in [1.82, 2.24) is 20.2 Å². The highest BCUT2D eigenvalue weighted by atomic mass is 35.5. The minimum atomic E-state index is -0.0526. The minimum absolute atomic E-state index is 0.00452. The average Bonchev–Trinajstić information content (AvgIpc) is 2.84. The van der Waals surface area contributed by atoms with Gasteiger partial charge in [0.15, 0.2) is 0 Å². The van der Waals surface area contributed by atoms with Crippen LogP contribution in [0.15, 0.2) is 55.4 Å². The molecule has 0 fully saturated rings. The Hall–Kier alpha value is -3.38. The van der Waals surface area contributed by atoms with Crippen molar-refractivity contribution in [3.05, 3.63) is 82.8 Å². The lowest BCUT2D eigenvalue weighted by Crippen LogP contribution is -2.28. The van der Waals surface area contributed by atoms with Gasteiger partial charge in [-0.05, 0) is 37.1 Å². The Kier molecular flexibility index (Phi) is 8.88. The van der Waals surface area contributed by atoms with Crippen molar-refractivity contribution in [2.24, 2.45) is 5.92 Å². The van der Waals surface area contributed by atoms with Crippen LogP contribution < -0.4 is 10.1 Å². The summed E-state index contributed by atoms with van der Waals surface area (Å²) in [6, 6.07) is 7.98. The van der Waals surface area contributed by atoms with Gasteiger partial charge in [0, 0.05) is 66.9 Å². The molecule has 1 atom stereocenters. The van der Waals surface area contributed by atoms with Crippen molar-refractivity contribution >= 4 is 34.1 Å². The van der Waals surface area contributed by atoms with Crippen LogP contribution in [0, 0.1) is 12.8 Å². The molecule has 0 saturated carbocycles. The number of carbonyl (C=O) groups is 1. The fourth-order valence-corrected chi connectivity index (χ4v) is 4.01. The van der Waals surface area contributed by atoms with Gasteiger partial charge in [0.25, 0.3) is 0 Å². The number of allylic oxidation sites excluding steroid dienone is 2. The Labute approximate surface area is 212 Å². The van der Waals surface area contributed by atoms with E-state index in [0.717, 1.165) is 45.4 Å². The fourth-order valence-electron chi connectivity index (χ4n) is 3.78. The zero-order valence-electron chi connectivity index (χ0n) is 21.1. The van der Waals surface area contributed by atoms with E-state index in [9.17, 15) is 4.79 Å². The van der Waals surface area contributed by atoms with Gasteiger partial charge in [-0.1, -0.05) is 50.2 Å². The molecule has 0 spiro atoms. The van der Waals surface area contributed by atoms with Crippen molar-refractivity contribution in [2.45, 2.75) is 40.3 Å². The first-order valence-electron chi connectivity index (χ1n) is 11.7. The highest BCUT2D eigenvalue weighted by Gasteiger charge is 2.16. The number of rotatable bonds is 10. The van der Waals surface area contributed by atoms with Crippen LogP contribution in [-0.2, 0) is 17.9 Å². The maximum atomic E-state index is 12.3. The second kappa shape index (κ2) is 11.8. The van der Waals surface area contributed by atoms with Gasteiger partial charge in [0.2, 0.25) is 5.91 Å². The molecule has 0 bridgehead atoms. The van der Waals surface area contributed by atoms with Gasteiger partial charge < -0.3 is 15.0 Å². The minimum Gasteiger partial charge on any atom is -0.487 e. The number of benzene rings is 1. The lowest BCUT2D eigenvalue weighted by molar-refractivity contribution is -0.124. The maximum Gasteiger partial charge on any atom is 0.223 e. The van der Waals surface area contributed by atoms with Crippen molar-refractivity contribution in [3.8, 4) is 5.75 Å². The number of hydrogen-bond donors (Lipinski definition) is 1. The standard InChI is InChI=1S/C28H33ClN4O2/c1-7-10-25(33(5)6)22-13-19(4)32-27-21(22)11-9-12-26(27)35-17-23-20(14-30-16-24(23)29)15-31-28(34)18(3)8-2/h7,9-14,16,18H,1,8,15,17H2,2-6H3,(H,31,34)/b25-10-. The normalized spacial score (nSPS) is 12.3. The van der Waals surface area contributed by atoms with Crippen LogP contribution in [0.3, 0.4) is 0 Å². The Morgan fingerprint density at radius 3 is 2.77 bits per heavy atom. The predicted molar refractivity (Wildman–Crippen MR) is 143 cm³/mol. The Balaban J connectivity index is 1.94. The summed E-state index contributed by atoms with van der Waals surface area (Å²) in [5.74, 6) is 0.611. The molecule has 0 aliphatic heterocycles. The number of aryl methyl sites for hydroxylation is 1. The van der Waals surface area contributed by atoms with E-state index in [-0.39, 0.29) is 18.4 Å². The lowest BCUT2D eigenvalue weighted by atomic mass is 10.0. The van der Waals surface area contributed by atoms with E-state index in [1.54, 1.807) is 18.5 Å². The molecule has 2 heterocycles. The number of ether oxygens (including phenoxy) is 1. The lowest BCUT2D eigenvalue weighted by Gasteiger charge is -2.20. The van der Waals surface area contributed by atoms with Gasteiger partial charge in [-0.15, -0.1) is 0 Å². The Bertz CT molecular complexity index is 1250. The molecule has 3 rings (SSSR count). The summed E-state index contributed by atoms with van der Waals surface area (Å²) in [4.78, 5) is 23.3. The van der Waals surface area contributed by atoms with Gasteiger partial charge in [-0.2, -0.15) is 0 Å². The zero-order chi connectivity index (χ0) is 25.5. The SMILES string of the molecule is C=C/C=C(/c1cc(C)nc2c(OCc3c(Cl)cncc3CNC(=O)C(C)CC)cccc12)N(C)C. The molecule has 1 N–H and O–H groups in total. The van der Waals surface area contributed by atoms with E-state index in [4.69, 9.17) is 21.3 Å². The molecule has 1 aromatic carbocycles. The van der Waals surface area contributed by atoms with E-state index in [1.165, 1.54) is 0 Å². The van der Waals surface area contributed by atoms with Crippen LogP contribution in [0.1, 0.15) is 42.7 Å². The van der Waals surface area contributed by atoms with E-state index < -0.39 is 0 Å². The average molecular weight is 493 g/mol. The molecule has 184 valence electrons. The molecular weight excluding hydrogens is 460 g/mol. The van der Waals surface area contributed by atoms with Gasteiger partial charge in [0.05, 0.1) is 5.02 Å². The van der Waals surface area contributed by atoms with Crippen molar-refractivity contribution < 1.29 is 9.53 Å². The topological polar surface area (TPSA) is 67.4 Å². The molecule has 0 aliphatic carbocycles. The summed E-state index contributed by atoms with van der Waals surface area (Å²) in [6.07, 6.45) is 7.85. The Morgan fingerprint density at radius 2 is 2.09 bits per heavy atom. The summed E-state index contributed by atoms with van der Waals surface area (Å²) in [7, 11) is 4.01. The number of carbonyl (C=O) groups excluding carboxylic acids is 1. The van der Waals surface area contributed by atoms with E-state index in [2.05, 4.69) is 27.8 Å². The van der Waals surface area contributed by atoms with Crippen molar-refractivity contribution in [1.29, 1.82) is 0 Å². The first-order valence-corrected chi connectivity index (χ1v) is 12.1. The first kappa shape index (κ1) is 26.2. The second-order valence-corrected chi connectivity index (χ2v) is 9.13. The summed E-state index contributed by atoms with van der Waals surface area (Å²) in [5.41, 5.74) is 5.36. The molecule has 0 radical (unpaired) electrons.